The second kappa shape index (κ2) is 7.68. The summed E-state index contributed by atoms with van der Waals surface area (Å²) in [6.45, 7) is 2.83. The molecule has 0 aromatic carbocycles. The van der Waals surface area contributed by atoms with Gasteiger partial charge in [-0.15, -0.1) is 0 Å². The molecule has 114 valence electrons. The van der Waals surface area contributed by atoms with Crippen molar-refractivity contribution < 1.29 is 23.9 Å². The van der Waals surface area contributed by atoms with E-state index >= 15 is 0 Å². The molecule has 0 aromatic rings. The molecule has 1 aliphatic rings. The summed E-state index contributed by atoms with van der Waals surface area (Å²) >= 11 is 0. The molecule has 3 N–H and O–H groups in total. The maximum Gasteiger partial charge on any atom is 0.407 e. The summed E-state index contributed by atoms with van der Waals surface area (Å²) < 4.78 is 9.52. The fraction of sp³-hybridized carbons (Fsp3) is 0.750. The third kappa shape index (κ3) is 5.04. The van der Waals surface area contributed by atoms with Crippen LogP contribution in [0, 0.1) is 5.92 Å². The zero-order chi connectivity index (χ0) is 15.1. The zero-order valence-electron chi connectivity index (χ0n) is 11.8. The molecule has 2 amide bonds. The van der Waals surface area contributed by atoms with Crippen LogP contribution in [0.3, 0.4) is 0 Å². The van der Waals surface area contributed by atoms with Gasteiger partial charge in [-0.1, -0.05) is 0 Å². The summed E-state index contributed by atoms with van der Waals surface area (Å²) in [5, 5.41) is 2.67. The van der Waals surface area contributed by atoms with Gasteiger partial charge in [-0.3, -0.25) is 14.5 Å². The molecule has 1 aliphatic heterocycles. The number of carbonyl (C=O) groups excluding carboxylic acids is 3. The maximum atomic E-state index is 11.6. The zero-order valence-corrected chi connectivity index (χ0v) is 11.8. The van der Waals surface area contributed by atoms with Gasteiger partial charge in [-0.25, -0.2) is 4.79 Å². The molecule has 1 rings (SSSR count). The van der Waals surface area contributed by atoms with Crippen molar-refractivity contribution in [3.8, 4) is 0 Å². The molecule has 8 nitrogen and oxygen atoms in total. The lowest BCUT2D eigenvalue weighted by Crippen LogP contribution is -2.54. The topological polar surface area (TPSA) is 111 Å². The highest BCUT2D eigenvalue weighted by atomic mass is 16.5. The van der Waals surface area contributed by atoms with Crippen molar-refractivity contribution in [2.75, 3.05) is 33.4 Å². The number of nitrogens with one attached hydrogen (secondary N) is 1. The molecule has 0 aliphatic carbocycles. The lowest BCUT2D eigenvalue weighted by atomic mass is 9.94. The molecule has 1 heterocycles. The lowest BCUT2D eigenvalue weighted by Gasteiger charge is -2.35. The van der Waals surface area contributed by atoms with Crippen LogP contribution in [0.1, 0.15) is 13.3 Å². The molecule has 0 saturated carbocycles. The Balaban J connectivity index is 2.66. The summed E-state index contributed by atoms with van der Waals surface area (Å²) in [6.07, 6.45) is -0.0946. The SMILES string of the molecule is CCOC(=O)NC1CC(C(=O)OC)CN(CC(N)=O)C1. The van der Waals surface area contributed by atoms with Gasteiger partial charge in [-0.2, -0.15) is 0 Å². The van der Waals surface area contributed by atoms with Gasteiger partial charge in [0.25, 0.3) is 0 Å². The predicted octanol–water partition coefficient (Wildman–Crippen LogP) is -0.919. The maximum absolute atomic E-state index is 11.6. The van der Waals surface area contributed by atoms with Gasteiger partial charge in [0, 0.05) is 19.1 Å². The van der Waals surface area contributed by atoms with Crippen LogP contribution >= 0.6 is 0 Å². The summed E-state index contributed by atoms with van der Waals surface area (Å²) in [7, 11) is 1.31. The summed E-state index contributed by atoms with van der Waals surface area (Å²) in [5.74, 6) is -1.25. The number of nitrogens with two attached hydrogens (primary N) is 1. The molecule has 2 atom stereocenters. The van der Waals surface area contributed by atoms with E-state index in [1.807, 2.05) is 0 Å². The van der Waals surface area contributed by atoms with Gasteiger partial charge < -0.3 is 20.5 Å². The van der Waals surface area contributed by atoms with Crippen LogP contribution in [-0.2, 0) is 19.1 Å². The molecule has 1 fully saturated rings. The number of carbonyl (C=O) groups is 3. The average molecular weight is 287 g/mol. The molecule has 0 bridgehead atoms. The molecule has 0 aromatic heterocycles. The van der Waals surface area contributed by atoms with Gasteiger partial charge in [-0.05, 0) is 13.3 Å². The number of methoxy groups -OCH3 is 1. The van der Waals surface area contributed by atoms with Crippen LogP contribution in [0.5, 0.6) is 0 Å². The van der Waals surface area contributed by atoms with E-state index in [0.29, 0.717) is 19.5 Å². The number of rotatable bonds is 5. The van der Waals surface area contributed by atoms with Gasteiger partial charge in [0.2, 0.25) is 5.91 Å². The highest BCUT2D eigenvalue weighted by Crippen LogP contribution is 2.18. The Hall–Kier alpha value is -1.83. The molecular weight excluding hydrogens is 266 g/mol. The number of alkyl carbamates (subject to hydrolysis) is 1. The van der Waals surface area contributed by atoms with E-state index in [4.69, 9.17) is 15.2 Å². The summed E-state index contributed by atoms with van der Waals surface area (Å²) in [5.41, 5.74) is 5.16. The highest BCUT2D eigenvalue weighted by Gasteiger charge is 2.33. The molecule has 8 heteroatoms. The molecule has 2 unspecified atom stereocenters. The Morgan fingerprint density at radius 3 is 2.60 bits per heavy atom. The van der Waals surface area contributed by atoms with E-state index in [1.165, 1.54) is 7.11 Å². The molecular formula is C12H21N3O5. The normalized spacial score (nSPS) is 22.9. The van der Waals surface area contributed by atoms with E-state index < -0.39 is 17.9 Å². The monoisotopic (exact) mass is 287 g/mol. The Labute approximate surface area is 117 Å². The van der Waals surface area contributed by atoms with Crippen molar-refractivity contribution in [2.24, 2.45) is 11.7 Å². The van der Waals surface area contributed by atoms with Crippen molar-refractivity contribution in [1.82, 2.24) is 10.2 Å². The van der Waals surface area contributed by atoms with Gasteiger partial charge in [0.1, 0.15) is 0 Å². The minimum Gasteiger partial charge on any atom is -0.469 e. The standard InChI is InChI=1S/C12H21N3O5/c1-3-20-12(18)14-9-4-8(11(17)19-2)5-15(6-9)7-10(13)16/h8-9H,3-7H2,1-2H3,(H2,13,16)(H,14,18). The number of piperidine rings is 1. The number of nitrogens with zero attached hydrogens (tertiary/aromatic N) is 1. The van der Waals surface area contributed by atoms with Crippen LogP contribution in [0.4, 0.5) is 4.79 Å². The van der Waals surface area contributed by atoms with Crippen molar-refractivity contribution in [2.45, 2.75) is 19.4 Å². The van der Waals surface area contributed by atoms with Gasteiger partial charge >= 0.3 is 12.1 Å². The van der Waals surface area contributed by atoms with E-state index in [1.54, 1.807) is 11.8 Å². The van der Waals surface area contributed by atoms with Gasteiger partial charge in [0.05, 0.1) is 26.2 Å². The Bertz CT molecular complexity index is 374. The van der Waals surface area contributed by atoms with Crippen molar-refractivity contribution >= 4 is 18.0 Å². The van der Waals surface area contributed by atoms with Crippen LogP contribution < -0.4 is 11.1 Å². The number of esters is 1. The average Bonchev–Trinajstić information content (AvgIpc) is 2.36. The lowest BCUT2D eigenvalue weighted by molar-refractivity contribution is -0.148. The number of hydrogen-bond donors (Lipinski definition) is 2. The van der Waals surface area contributed by atoms with Crippen molar-refractivity contribution in [3.63, 3.8) is 0 Å². The molecule has 0 radical (unpaired) electrons. The van der Waals surface area contributed by atoms with E-state index in [9.17, 15) is 14.4 Å². The molecule has 20 heavy (non-hydrogen) atoms. The molecule has 0 spiro atoms. The first-order valence-corrected chi connectivity index (χ1v) is 6.48. The summed E-state index contributed by atoms with van der Waals surface area (Å²) in [4.78, 5) is 35.8. The fourth-order valence-corrected chi connectivity index (χ4v) is 2.32. The number of ether oxygens (including phenoxy) is 2. The number of likely N-dealkylation sites (tertiary alicyclic amines) is 1. The second-order valence-corrected chi connectivity index (χ2v) is 4.68. The number of primary amides is 1. The number of hydrogen-bond acceptors (Lipinski definition) is 6. The minimum atomic E-state index is -0.540. The second-order valence-electron chi connectivity index (χ2n) is 4.68. The first-order chi connectivity index (χ1) is 9.46. The van der Waals surface area contributed by atoms with Gasteiger partial charge in [0.15, 0.2) is 0 Å². The quantitative estimate of drug-likeness (QED) is 0.633. The fourth-order valence-electron chi connectivity index (χ4n) is 2.32. The summed E-state index contributed by atoms with van der Waals surface area (Å²) in [6, 6.07) is -0.286. The Morgan fingerprint density at radius 1 is 1.35 bits per heavy atom. The highest BCUT2D eigenvalue weighted by molar-refractivity contribution is 5.76. The Morgan fingerprint density at radius 2 is 2.05 bits per heavy atom. The first-order valence-electron chi connectivity index (χ1n) is 6.48. The van der Waals surface area contributed by atoms with Crippen LogP contribution in [0.15, 0.2) is 0 Å². The van der Waals surface area contributed by atoms with Crippen molar-refractivity contribution in [1.29, 1.82) is 0 Å². The molecule has 1 saturated heterocycles. The van der Waals surface area contributed by atoms with E-state index in [-0.39, 0.29) is 25.2 Å². The van der Waals surface area contributed by atoms with Crippen molar-refractivity contribution in [3.05, 3.63) is 0 Å². The van der Waals surface area contributed by atoms with E-state index in [0.717, 1.165) is 0 Å². The van der Waals surface area contributed by atoms with Crippen LogP contribution in [0.2, 0.25) is 0 Å². The Kier molecular flexibility index (Phi) is 6.23. The van der Waals surface area contributed by atoms with E-state index in [2.05, 4.69) is 5.32 Å². The van der Waals surface area contributed by atoms with Crippen LogP contribution in [-0.4, -0.2) is 62.3 Å². The largest absolute Gasteiger partial charge is 0.469 e. The third-order valence-electron chi connectivity index (χ3n) is 3.04. The first kappa shape index (κ1) is 16.2. The van der Waals surface area contributed by atoms with Crippen LogP contribution in [0.25, 0.3) is 0 Å². The predicted molar refractivity (Wildman–Crippen MR) is 69.7 cm³/mol. The smallest absolute Gasteiger partial charge is 0.407 e. The number of amides is 2. The third-order valence-corrected chi connectivity index (χ3v) is 3.04. The minimum absolute atomic E-state index is 0.0362.